The lowest BCUT2D eigenvalue weighted by Gasteiger charge is -2.31. The Bertz CT molecular complexity index is 1170. The first kappa shape index (κ1) is 28.6. The molecule has 5 N–H and O–H groups in total. The van der Waals surface area contributed by atoms with Gasteiger partial charge in [0.15, 0.2) is 0 Å². The molecule has 1 aliphatic carbocycles. The zero-order chi connectivity index (χ0) is 25.4. The molecule has 1 spiro atoms. The normalized spacial score (nSPS) is 28.8. The Hall–Kier alpha value is -1.93. The first-order valence-corrected chi connectivity index (χ1v) is 12.6. The van der Waals surface area contributed by atoms with Crippen molar-refractivity contribution in [2.24, 2.45) is 5.41 Å². The standard InChI is InChI=1S/C23H27F3N2O6S.ClH/c24-23(25,26)16-3-1-2-14(6-16)15-4-5-21-20(7-15)34-13-22(8-18(30)19(31)9-22)12-27-10-17(29)11-28-35(21,32)33;/h1-7,17-19,27-31H,8-13H2;1H/t17-,18-,19+,22?;/m1./s1. The summed E-state index contributed by atoms with van der Waals surface area (Å²) in [7, 11) is -4.13. The summed E-state index contributed by atoms with van der Waals surface area (Å²) in [5.41, 5.74) is -1.05. The second-order valence-electron chi connectivity index (χ2n) is 9.21. The molecule has 0 saturated heterocycles. The van der Waals surface area contributed by atoms with E-state index in [1.807, 2.05) is 0 Å². The molecule has 4 rings (SSSR count). The van der Waals surface area contributed by atoms with E-state index >= 15 is 0 Å². The number of sulfonamides is 1. The molecular formula is C23H28ClF3N2O6S. The van der Waals surface area contributed by atoms with Crippen LogP contribution in [0.15, 0.2) is 47.4 Å². The number of alkyl halides is 3. The number of benzene rings is 2. The fraction of sp³-hybridized carbons (Fsp3) is 0.478. The lowest BCUT2D eigenvalue weighted by molar-refractivity contribution is -0.137. The van der Waals surface area contributed by atoms with E-state index in [-0.39, 0.29) is 67.7 Å². The summed E-state index contributed by atoms with van der Waals surface area (Å²) < 4.78 is 73.8. The highest BCUT2D eigenvalue weighted by molar-refractivity contribution is 7.89. The number of ether oxygens (including phenoxy) is 1. The summed E-state index contributed by atoms with van der Waals surface area (Å²) in [6.45, 7) is 0.0204. The van der Waals surface area contributed by atoms with Crippen LogP contribution < -0.4 is 14.8 Å². The van der Waals surface area contributed by atoms with Crippen molar-refractivity contribution >= 4 is 22.4 Å². The molecule has 13 heteroatoms. The molecule has 2 aliphatic rings. The number of aliphatic hydroxyl groups is 3. The molecule has 200 valence electrons. The van der Waals surface area contributed by atoms with E-state index in [1.54, 1.807) is 0 Å². The zero-order valence-electron chi connectivity index (χ0n) is 19.0. The van der Waals surface area contributed by atoms with E-state index < -0.39 is 45.5 Å². The van der Waals surface area contributed by atoms with Gasteiger partial charge in [0.05, 0.1) is 30.5 Å². The highest BCUT2D eigenvalue weighted by atomic mass is 35.5. The minimum absolute atomic E-state index is 0. The summed E-state index contributed by atoms with van der Waals surface area (Å²) in [6, 6.07) is 8.64. The lowest BCUT2D eigenvalue weighted by atomic mass is 9.86. The van der Waals surface area contributed by atoms with Gasteiger partial charge in [-0.2, -0.15) is 13.2 Å². The van der Waals surface area contributed by atoms with Crippen LogP contribution in [0.5, 0.6) is 5.75 Å². The van der Waals surface area contributed by atoms with Crippen molar-refractivity contribution in [2.75, 3.05) is 26.2 Å². The molecule has 0 amide bonds. The Kier molecular flexibility index (Phi) is 8.61. The maximum atomic E-state index is 13.2. The third kappa shape index (κ3) is 6.31. The van der Waals surface area contributed by atoms with Crippen LogP contribution in [0, 0.1) is 5.41 Å². The third-order valence-corrected chi connectivity index (χ3v) is 7.87. The van der Waals surface area contributed by atoms with Crippen LogP contribution in [0.3, 0.4) is 0 Å². The van der Waals surface area contributed by atoms with E-state index in [0.717, 1.165) is 12.1 Å². The Balaban J connectivity index is 0.00000361. The second-order valence-corrected chi connectivity index (χ2v) is 10.9. The average Bonchev–Trinajstić information content (AvgIpc) is 3.08. The molecule has 1 saturated carbocycles. The quantitative estimate of drug-likeness (QED) is 0.366. The molecule has 0 radical (unpaired) electrons. The molecule has 8 nitrogen and oxygen atoms in total. The number of β-amino-alcohol motifs (C(OH)–C–C–N with tert-alkyl or cyclic N) is 1. The smallest absolute Gasteiger partial charge is 0.416 e. The summed E-state index contributed by atoms with van der Waals surface area (Å²) in [6.07, 6.45) is -7.18. The van der Waals surface area contributed by atoms with E-state index in [9.17, 15) is 36.9 Å². The van der Waals surface area contributed by atoms with Gasteiger partial charge in [-0.15, -0.1) is 12.4 Å². The van der Waals surface area contributed by atoms with Crippen LogP contribution in [-0.2, 0) is 16.2 Å². The van der Waals surface area contributed by atoms with E-state index in [4.69, 9.17) is 4.74 Å². The van der Waals surface area contributed by atoms with Crippen molar-refractivity contribution in [3.8, 4) is 16.9 Å². The molecule has 1 heterocycles. The molecule has 0 aromatic heterocycles. The molecule has 36 heavy (non-hydrogen) atoms. The summed E-state index contributed by atoms with van der Waals surface area (Å²) >= 11 is 0. The summed E-state index contributed by atoms with van der Waals surface area (Å²) in [4.78, 5) is -0.233. The number of aliphatic hydroxyl groups excluding tert-OH is 3. The van der Waals surface area contributed by atoms with E-state index in [1.165, 1.54) is 30.3 Å². The largest absolute Gasteiger partial charge is 0.492 e. The van der Waals surface area contributed by atoms with E-state index in [2.05, 4.69) is 10.0 Å². The van der Waals surface area contributed by atoms with Crippen molar-refractivity contribution in [3.05, 3.63) is 48.0 Å². The molecular weight excluding hydrogens is 525 g/mol. The zero-order valence-corrected chi connectivity index (χ0v) is 20.7. The van der Waals surface area contributed by atoms with Gasteiger partial charge in [-0.1, -0.05) is 18.2 Å². The summed E-state index contributed by atoms with van der Waals surface area (Å²) in [5, 5.41) is 33.5. The third-order valence-electron chi connectivity index (χ3n) is 6.41. The van der Waals surface area contributed by atoms with Crippen molar-refractivity contribution in [1.29, 1.82) is 0 Å². The highest BCUT2D eigenvalue weighted by Gasteiger charge is 2.45. The minimum Gasteiger partial charge on any atom is -0.492 e. The van der Waals surface area contributed by atoms with Gasteiger partial charge < -0.3 is 25.4 Å². The monoisotopic (exact) mass is 552 g/mol. The Labute approximate surface area is 212 Å². The predicted molar refractivity (Wildman–Crippen MR) is 127 cm³/mol. The van der Waals surface area contributed by atoms with Gasteiger partial charge in [0.2, 0.25) is 10.0 Å². The van der Waals surface area contributed by atoms with E-state index in [0.29, 0.717) is 5.56 Å². The van der Waals surface area contributed by atoms with Gasteiger partial charge in [0.25, 0.3) is 0 Å². The molecule has 2 aromatic carbocycles. The topological polar surface area (TPSA) is 128 Å². The number of halogens is 4. The number of rotatable bonds is 1. The minimum atomic E-state index is -4.54. The van der Waals surface area contributed by atoms with Gasteiger partial charge in [0.1, 0.15) is 10.6 Å². The number of hydrogen-bond acceptors (Lipinski definition) is 7. The Morgan fingerprint density at radius 2 is 1.64 bits per heavy atom. The highest BCUT2D eigenvalue weighted by Crippen LogP contribution is 2.40. The predicted octanol–water partition coefficient (Wildman–Crippen LogP) is 1.92. The van der Waals surface area contributed by atoms with Crippen molar-refractivity contribution < 1.29 is 41.6 Å². The molecule has 2 aromatic rings. The van der Waals surface area contributed by atoms with Gasteiger partial charge >= 0.3 is 6.18 Å². The number of fused-ring (bicyclic) bond motifs is 1. The molecule has 0 bridgehead atoms. The molecule has 1 aliphatic heterocycles. The number of hydrogen-bond donors (Lipinski definition) is 5. The van der Waals surface area contributed by atoms with Gasteiger partial charge in [-0.05, 0) is 48.2 Å². The Morgan fingerprint density at radius 1 is 0.972 bits per heavy atom. The fourth-order valence-electron chi connectivity index (χ4n) is 4.54. The molecule has 4 atom stereocenters. The second kappa shape index (κ2) is 10.8. The van der Waals surface area contributed by atoms with Crippen LogP contribution in [-0.4, -0.2) is 68.3 Å². The van der Waals surface area contributed by atoms with Crippen LogP contribution >= 0.6 is 12.4 Å². The van der Waals surface area contributed by atoms with Gasteiger partial charge in [-0.3, -0.25) is 0 Å². The van der Waals surface area contributed by atoms with Crippen LogP contribution in [0.25, 0.3) is 11.1 Å². The molecule has 1 unspecified atom stereocenters. The Morgan fingerprint density at radius 3 is 2.31 bits per heavy atom. The van der Waals surface area contributed by atoms with Gasteiger partial charge in [-0.25, -0.2) is 13.1 Å². The number of nitrogens with one attached hydrogen (secondary N) is 2. The van der Waals surface area contributed by atoms with Crippen LogP contribution in [0.1, 0.15) is 18.4 Å². The first-order chi connectivity index (χ1) is 16.4. The van der Waals surface area contributed by atoms with Crippen molar-refractivity contribution in [3.63, 3.8) is 0 Å². The van der Waals surface area contributed by atoms with Crippen LogP contribution in [0.2, 0.25) is 0 Å². The van der Waals surface area contributed by atoms with Crippen molar-refractivity contribution in [1.82, 2.24) is 10.0 Å². The summed E-state index contributed by atoms with van der Waals surface area (Å²) in [5.74, 6) is -0.0854. The first-order valence-electron chi connectivity index (χ1n) is 11.1. The fourth-order valence-corrected chi connectivity index (χ4v) is 5.74. The molecule has 1 fully saturated rings. The van der Waals surface area contributed by atoms with Crippen LogP contribution in [0.4, 0.5) is 13.2 Å². The SMILES string of the molecule is Cl.O=S1(=O)NC[C@H](O)CNCC2(COc3cc(-c4cccc(C(F)(F)F)c4)ccc31)C[C@@H](O)[C@@H](O)C2. The lowest BCUT2D eigenvalue weighted by Crippen LogP contribution is -2.44. The van der Waals surface area contributed by atoms with Gasteiger partial charge in [0, 0.05) is 25.0 Å². The van der Waals surface area contributed by atoms with Crippen molar-refractivity contribution in [2.45, 2.75) is 42.2 Å². The maximum Gasteiger partial charge on any atom is 0.416 e. The maximum absolute atomic E-state index is 13.2. The average molecular weight is 553 g/mol.